The van der Waals surface area contributed by atoms with Crippen LogP contribution in [0.5, 0.6) is 11.5 Å². The van der Waals surface area contributed by atoms with Crippen molar-refractivity contribution in [2.24, 2.45) is 0 Å². The zero-order valence-corrected chi connectivity index (χ0v) is 24.0. The first-order valence-electron chi connectivity index (χ1n) is 13.2. The van der Waals surface area contributed by atoms with Crippen LogP contribution in [0.25, 0.3) is 0 Å². The van der Waals surface area contributed by atoms with E-state index in [1.807, 2.05) is 39.0 Å². The van der Waals surface area contributed by atoms with Crippen LogP contribution in [-0.2, 0) is 21.3 Å². The first kappa shape index (κ1) is 28.6. The maximum Gasteiger partial charge on any atom is 0.241 e. The molecule has 210 valence electrons. The first-order valence-corrected chi connectivity index (χ1v) is 14.6. The van der Waals surface area contributed by atoms with Crippen LogP contribution in [0.2, 0.25) is 0 Å². The van der Waals surface area contributed by atoms with E-state index in [1.165, 1.54) is 12.1 Å². The molecule has 0 aromatic heterocycles. The normalized spacial score (nSPS) is 23.8. The molecule has 2 aromatic carbocycles. The number of halogens is 1. The summed E-state index contributed by atoms with van der Waals surface area (Å²) in [6.45, 7) is 13.6. The molecule has 2 heterocycles. The Balaban J connectivity index is 1.38. The Kier molecular flexibility index (Phi) is 8.01. The largest absolute Gasteiger partial charge is 0.493 e. The summed E-state index contributed by atoms with van der Waals surface area (Å²) in [5.74, 6) is 0.606. The molecule has 5 rings (SSSR count). The van der Waals surface area contributed by atoms with Crippen molar-refractivity contribution in [2.75, 3.05) is 38.7 Å². The number of ether oxygens (including phenoxy) is 3. The molecule has 38 heavy (non-hydrogen) atoms. The van der Waals surface area contributed by atoms with Gasteiger partial charge in [-0.25, -0.2) is 17.5 Å². The van der Waals surface area contributed by atoms with E-state index < -0.39 is 27.0 Å². The lowest BCUT2D eigenvalue weighted by molar-refractivity contribution is -0.0425. The third-order valence-corrected chi connectivity index (χ3v) is 9.39. The van der Waals surface area contributed by atoms with E-state index in [0.29, 0.717) is 37.5 Å². The second-order valence-corrected chi connectivity index (χ2v) is 12.6. The molecule has 1 saturated carbocycles. The van der Waals surface area contributed by atoms with Gasteiger partial charge in [0.15, 0.2) is 11.5 Å². The Morgan fingerprint density at radius 2 is 1.76 bits per heavy atom. The smallest absolute Gasteiger partial charge is 0.241 e. The van der Waals surface area contributed by atoms with Gasteiger partial charge in [0.05, 0.1) is 34.4 Å². The molecule has 8 nitrogen and oxygen atoms in total. The third kappa shape index (κ3) is 5.64. The number of methoxy groups -OCH3 is 1. The SMILES string of the molecule is CCN(CC)CCOc1ccc(CNc2ccc(S(=O)(=O)NC34CC(C)(C3)OC4(C)C)cc2F)cc1OC. The average Bonchev–Trinajstić information content (AvgIpc) is 3.16. The number of fused-ring (bicyclic) bond motifs is 1. The molecule has 0 spiro atoms. The van der Waals surface area contributed by atoms with Gasteiger partial charge in [-0.2, -0.15) is 0 Å². The minimum atomic E-state index is -3.93. The molecule has 0 radical (unpaired) electrons. The van der Waals surface area contributed by atoms with Crippen LogP contribution in [0.4, 0.5) is 10.1 Å². The highest BCUT2D eigenvalue weighted by Gasteiger charge is 2.70. The minimum absolute atomic E-state index is 0.112. The summed E-state index contributed by atoms with van der Waals surface area (Å²) in [5.41, 5.74) is -0.563. The van der Waals surface area contributed by atoms with Crippen LogP contribution >= 0.6 is 0 Å². The van der Waals surface area contributed by atoms with E-state index in [0.717, 1.165) is 31.3 Å². The van der Waals surface area contributed by atoms with Crippen LogP contribution in [0.15, 0.2) is 41.3 Å². The van der Waals surface area contributed by atoms with Crippen LogP contribution in [0.1, 0.15) is 53.0 Å². The lowest BCUT2D eigenvalue weighted by Gasteiger charge is -2.45. The van der Waals surface area contributed by atoms with Gasteiger partial charge in [0.25, 0.3) is 0 Å². The fourth-order valence-corrected chi connectivity index (χ4v) is 7.25. The Morgan fingerprint density at radius 1 is 1.05 bits per heavy atom. The molecule has 3 fully saturated rings. The van der Waals surface area contributed by atoms with Crippen molar-refractivity contribution in [3.05, 3.63) is 47.8 Å². The molecule has 2 bridgehead atoms. The maximum absolute atomic E-state index is 15.0. The van der Waals surface area contributed by atoms with Gasteiger partial charge < -0.3 is 24.4 Å². The van der Waals surface area contributed by atoms with Gasteiger partial charge in [-0.15, -0.1) is 0 Å². The van der Waals surface area contributed by atoms with Crippen molar-refractivity contribution in [3.63, 3.8) is 0 Å². The zero-order chi connectivity index (χ0) is 27.8. The number of nitrogens with zero attached hydrogens (tertiary/aromatic N) is 1. The molecule has 0 atom stereocenters. The van der Waals surface area contributed by atoms with Crippen LogP contribution < -0.4 is 19.5 Å². The highest BCUT2D eigenvalue weighted by molar-refractivity contribution is 7.89. The highest BCUT2D eigenvalue weighted by Crippen LogP contribution is 2.60. The van der Waals surface area contributed by atoms with E-state index in [4.69, 9.17) is 14.2 Å². The van der Waals surface area contributed by atoms with Gasteiger partial charge in [-0.3, -0.25) is 0 Å². The van der Waals surface area contributed by atoms with Crippen molar-refractivity contribution >= 4 is 15.7 Å². The topological polar surface area (TPSA) is 89.1 Å². The molecule has 2 aromatic rings. The summed E-state index contributed by atoms with van der Waals surface area (Å²) in [6.07, 6.45) is 1.19. The summed E-state index contributed by atoms with van der Waals surface area (Å²) >= 11 is 0. The summed E-state index contributed by atoms with van der Waals surface area (Å²) in [5, 5.41) is 3.05. The highest BCUT2D eigenvalue weighted by atomic mass is 32.2. The van der Waals surface area contributed by atoms with Crippen LogP contribution in [-0.4, -0.2) is 63.4 Å². The molecule has 0 unspecified atom stereocenters. The molecule has 10 heteroatoms. The van der Waals surface area contributed by atoms with Crippen LogP contribution in [0.3, 0.4) is 0 Å². The second kappa shape index (κ2) is 10.6. The Morgan fingerprint density at radius 3 is 2.34 bits per heavy atom. The van der Waals surface area contributed by atoms with Gasteiger partial charge in [0.1, 0.15) is 12.4 Å². The number of rotatable bonds is 13. The summed E-state index contributed by atoms with van der Waals surface area (Å²) in [6, 6.07) is 9.49. The third-order valence-electron chi connectivity index (χ3n) is 7.86. The second-order valence-electron chi connectivity index (χ2n) is 11.0. The average molecular weight is 550 g/mol. The van der Waals surface area contributed by atoms with Crippen molar-refractivity contribution in [1.29, 1.82) is 0 Å². The fourth-order valence-electron chi connectivity index (χ4n) is 5.72. The quantitative estimate of drug-likeness (QED) is 0.379. The van der Waals surface area contributed by atoms with Crippen molar-refractivity contribution < 1.29 is 27.0 Å². The predicted octanol–water partition coefficient (Wildman–Crippen LogP) is 4.55. The van der Waals surface area contributed by atoms with Gasteiger partial charge in [-0.05, 0) is 82.6 Å². The Bertz CT molecular complexity index is 1260. The van der Waals surface area contributed by atoms with E-state index in [2.05, 4.69) is 28.8 Å². The number of sulfonamides is 1. The summed E-state index contributed by atoms with van der Waals surface area (Å²) < 4.78 is 61.4. The van der Waals surface area contributed by atoms with Gasteiger partial charge >= 0.3 is 0 Å². The van der Waals surface area contributed by atoms with Gasteiger partial charge in [0.2, 0.25) is 10.0 Å². The molecule has 2 N–H and O–H groups in total. The van der Waals surface area contributed by atoms with Crippen molar-refractivity contribution in [2.45, 2.75) is 75.6 Å². The number of anilines is 1. The maximum atomic E-state index is 15.0. The predicted molar refractivity (Wildman–Crippen MR) is 146 cm³/mol. The molecule has 3 aliphatic rings. The lowest BCUT2D eigenvalue weighted by atomic mass is 9.64. The molecular weight excluding hydrogens is 509 g/mol. The number of hydrogen-bond acceptors (Lipinski definition) is 7. The Labute approximate surface area is 225 Å². The standard InChI is InChI=1S/C28H40FN3O5S/c1-7-32(8-2)13-14-36-24-12-9-20(15-25(24)35-6)17-30-23-11-10-21(16-22(23)29)38(33,34)31-28-18-27(5,19-28)37-26(28,3)4/h9-12,15-16,30-31H,7-8,13-14,17-19H2,1-6H3. The fraction of sp³-hybridized carbons (Fsp3) is 0.571. The molecule has 2 aliphatic heterocycles. The zero-order valence-electron chi connectivity index (χ0n) is 23.2. The van der Waals surface area contributed by atoms with Crippen molar-refractivity contribution in [3.8, 4) is 11.5 Å². The van der Waals surface area contributed by atoms with Crippen molar-refractivity contribution in [1.82, 2.24) is 9.62 Å². The number of likely N-dealkylation sites (N-methyl/N-ethyl adjacent to an activating group) is 1. The van der Waals surface area contributed by atoms with Gasteiger partial charge in [-0.1, -0.05) is 19.9 Å². The van der Waals surface area contributed by atoms with Crippen LogP contribution in [0, 0.1) is 5.82 Å². The number of benzene rings is 2. The van der Waals surface area contributed by atoms with Gasteiger partial charge in [0, 0.05) is 13.1 Å². The lowest BCUT2D eigenvalue weighted by Crippen LogP contribution is -2.63. The summed E-state index contributed by atoms with van der Waals surface area (Å²) in [7, 11) is -2.35. The molecule has 2 saturated heterocycles. The number of hydrogen-bond donors (Lipinski definition) is 2. The van der Waals surface area contributed by atoms with E-state index in [-0.39, 0.29) is 16.2 Å². The minimum Gasteiger partial charge on any atom is -0.493 e. The molecule has 0 amide bonds. The number of nitrogens with one attached hydrogen (secondary N) is 2. The Hall–Kier alpha value is -2.40. The molecular formula is C28H40FN3O5S. The molecule has 1 aliphatic carbocycles. The van der Waals surface area contributed by atoms with E-state index >= 15 is 0 Å². The summed E-state index contributed by atoms with van der Waals surface area (Å²) in [4.78, 5) is 2.16. The van der Waals surface area contributed by atoms with E-state index in [9.17, 15) is 12.8 Å². The monoisotopic (exact) mass is 549 g/mol. The first-order chi connectivity index (χ1) is 17.9. The van der Waals surface area contributed by atoms with E-state index in [1.54, 1.807) is 7.11 Å².